The first kappa shape index (κ1) is 11.1. The fourth-order valence-electron chi connectivity index (χ4n) is 1.64. The van der Waals surface area contributed by atoms with Crippen molar-refractivity contribution in [1.82, 2.24) is 4.98 Å². The molecule has 2 rings (SSSR count). The van der Waals surface area contributed by atoms with Crippen LogP contribution in [0.25, 0.3) is 10.2 Å². The van der Waals surface area contributed by atoms with E-state index in [2.05, 4.69) is 31.0 Å². The zero-order valence-electron chi connectivity index (χ0n) is 9.53. The molecule has 0 saturated heterocycles. The van der Waals surface area contributed by atoms with Gasteiger partial charge in [0.1, 0.15) is 0 Å². The van der Waals surface area contributed by atoms with Gasteiger partial charge in [-0.2, -0.15) is 5.26 Å². The number of aromatic nitrogens is 1. The van der Waals surface area contributed by atoms with E-state index >= 15 is 0 Å². The van der Waals surface area contributed by atoms with Gasteiger partial charge in [0, 0.05) is 11.8 Å². The van der Waals surface area contributed by atoms with E-state index in [1.165, 1.54) is 4.70 Å². The van der Waals surface area contributed by atoms with Crippen LogP contribution in [0.2, 0.25) is 0 Å². The fraction of sp³-hybridized carbons (Fsp3) is 0.385. The predicted octanol–water partition coefficient (Wildman–Crippen LogP) is 3.88. The van der Waals surface area contributed by atoms with E-state index < -0.39 is 0 Å². The number of nitrogens with zero attached hydrogens (tertiary/aromatic N) is 2. The third-order valence-corrected chi connectivity index (χ3v) is 4.14. The number of para-hydroxylation sites is 1. The summed E-state index contributed by atoms with van der Waals surface area (Å²) in [5, 5.41) is 9.78. The van der Waals surface area contributed by atoms with Crippen molar-refractivity contribution in [3.8, 4) is 6.07 Å². The molecule has 3 heteroatoms. The van der Waals surface area contributed by atoms with Crippen molar-refractivity contribution in [3.63, 3.8) is 0 Å². The number of hydrogen-bond acceptors (Lipinski definition) is 3. The quantitative estimate of drug-likeness (QED) is 0.802. The maximum Gasteiger partial charge on any atom is 0.0995 e. The smallest absolute Gasteiger partial charge is 0.0995 e. The maximum absolute atomic E-state index is 8.65. The zero-order valence-corrected chi connectivity index (χ0v) is 10.3. The van der Waals surface area contributed by atoms with Gasteiger partial charge >= 0.3 is 0 Å². The Hall–Kier alpha value is -1.40. The van der Waals surface area contributed by atoms with Crippen molar-refractivity contribution < 1.29 is 0 Å². The summed E-state index contributed by atoms with van der Waals surface area (Å²) in [4.78, 5) is 4.65. The van der Waals surface area contributed by atoms with Gasteiger partial charge in [-0.25, -0.2) is 4.98 Å². The average Bonchev–Trinajstić information content (AvgIpc) is 2.71. The summed E-state index contributed by atoms with van der Waals surface area (Å²) in [6, 6.07) is 10.4. The molecule has 0 bridgehead atoms. The molecule has 0 radical (unpaired) electrons. The molecule has 0 fully saturated rings. The number of benzene rings is 1. The van der Waals surface area contributed by atoms with Crippen molar-refractivity contribution in [2.45, 2.75) is 32.1 Å². The molecule has 16 heavy (non-hydrogen) atoms. The second-order valence-electron chi connectivity index (χ2n) is 4.53. The molecule has 2 aromatic rings. The lowest BCUT2D eigenvalue weighted by molar-refractivity contribution is 0.485. The molecule has 2 nitrogen and oxygen atoms in total. The Kier molecular flexibility index (Phi) is 2.93. The summed E-state index contributed by atoms with van der Waals surface area (Å²) in [6.07, 6.45) is 1.45. The van der Waals surface area contributed by atoms with Crippen LogP contribution >= 0.6 is 11.3 Å². The number of nitriles is 1. The summed E-state index contributed by atoms with van der Waals surface area (Å²) in [5.41, 5.74) is 1.06. The highest BCUT2D eigenvalue weighted by Gasteiger charge is 2.24. The number of fused-ring (bicyclic) bond motifs is 1. The summed E-state index contributed by atoms with van der Waals surface area (Å²) < 4.78 is 1.22. The number of hydrogen-bond donors (Lipinski definition) is 0. The van der Waals surface area contributed by atoms with Crippen LogP contribution in [0.1, 0.15) is 31.7 Å². The van der Waals surface area contributed by atoms with E-state index in [0.717, 1.165) is 16.9 Å². The van der Waals surface area contributed by atoms with Gasteiger partial charge in [0.05, 0.1) is 21.3 Å². The molecule has 1 heterocycles. The first-order valence-corrected chi connectivity index (χ1v) is 6.18. The Balaban J connectivity index is 2.36. The minimum Gasteiger partial charge on any atom is -0.241 e. The molecule has 0 N–H and O–H groups in total. The van der Waals surface area contributed by atoms with Crippen molar-refractivity contribution in [1.29, 1.82) is 5.26 Å². The Morgan fingerprint density at radius 3 is 2.81 bits per heavy atom. The lowest BCUT2D eigenvalue weighted by Gasteiger charge is -2.19. The largest absolute Gasteiger partial charge is 0.241 e. The van der Waals surface area contributed by atoms with Crippen LogP contribution in [0.15, 0.2) is 24.3 Å². The van der Waals surface area contributed by atoms with Gasteiger partial charge in [-0.05, 0) is 18.6 Å². The van der Waals surface area contributed by atoms with E-state index in [1.54, 1.807) is 11.3 Å². The topological polar surface area (TPSA) is 36.7 Å². The summed E-state index contributed by atoms with van der Waals surface area (Å²) in [5.74, 6) is 0. The molecule has 0 saturated carbocycles. The Labute approximate surface area is 99.6 Å². The van der Waals surface area contributed by atoms with Gasteiger partial charge < -0.3 is 0 Å². The highest BCUT2D eigenvalue weighted by molar-refractivity contribution is 7.18. The third kappa shape index (κ3) is 2.07. The molecule has 0 unspecified atom stereocenters. The standard InChI is InChI=1S/C13H14N2S/c1-13(2,8-5-9-14)12-15-10-6-3-4-7-11(10)16-12/h3-4,6-7H,5,8H2,1-2H3. The van der Waals surface area contributed by atoms with Gasteiger partial charge in [0.25, 0.3) is 0 Å². The molecule has 0 spiro atoms. The van der Waals surface area contributed by atoms with Gasteiger partial charge in [-0.15, -0.1) is 11.3 Å². The second kappa shape index (κ2) is 4.23. The molecular weight excluding hydrogens is 216 g/mol. The van der Waals surface area contributed by atoms with Gasteiger partial charge in [-0.3, -0.25) is 0 Å². The molecule has 0 amide bonds. The van der Waals surface area contributed by atoms with Crippen molar-refractivity contribution in [3.05, 3.63) is 29.3 Å². The minimum atomic E-state index is -0.000579. The monoisotopic (exact) mass is 230 g/mol. The molecule has 1 aromatic carbocycles. The van der Waals surface area contributed by atoms with E-state index in [-0.39, 0.29) is 5.41 Å². The number of rotatable bonds is 3. The fourth-order valence-corrected chi connectivity index (χ4v) is 2.73. The molecular formula is C13H14N2S. The molecule has 0 atom stereocenters. The Morgan fingerprint density at radius 2 is 2.12 bits per heavy atom. The van der Waals surface area contributed by atoms with E-state index in [1.807, 2.05) is 18.2 Å². The number of thiazole rings is 1. The van der Waals surface area contributed by atoms with Gasteiger partial charge in [0.15, 0.2) is 0 Å². The van der Waals surface area contributed by atoms with Crippen LogP contribution in [0, 0.1) is 11.3 Å². The highest BCUT2D eigenvalue weighted by Crippen LogP contribution is 2.34. The first-order valence-electron chi connectivity index (χ1n) is 5.36. The van der Waals surface area contributed by atoms with Crippen LogP contribution in [0.5, 0.6) is 0 Å². The maximum atomic E-state index is 8.65. The summed E-state index contributed by atoms with van der Waals surface area (Å²) in [6.45, 7) is 4.31. The predicted molar refractivity (Wildman–Crippen MR) is 67.5 cm³/mol. The Bertz CT molecular complexity index is 501. The Morgan fingerprint density at radius 1 is 1.38 bits per heavy atom. The third-order valence-electron chi connectivity index (χ3n) is 2.73. The van der Waals surface area contributed by atoms with Crippen LogP contribution in [-0.4, -0.2) is 4.98 Å². The molecule has 0 aliphatic heterocycles. The summed E-state index contributed by atoms with van der Waals surface area (Å²) >= 11 is 1.73. The lowest BCUT2D eigenvalue weighted by atomic mass is 9.89. The SMILES string of the molecule is CC(C)(CCC#N)c1nc2ccccc2s1. The molecule has 0 aliphatic rings. The minimum absolute atomic E-state index is 0.000579. The van der Waals surface area contributed by atoms with Crippen molar-refractivity contribution in [2.24, 2.45) is 0 Å². The second-order valence-corrected chi connectivity index (χ2v) is 5.56. The molecule has 0 aliphatic carbocycles. The molecule has 1 aromatic heterocycles. The first-order chi connectivity index (χ1) is 7.63. The van der Waals surface area contributed by atoms with E-state index in [0.29, 0.717) is 6.42 Å². The van der Waals surface area contributed by atoms with Crippen LogP contribution in [0.3, 0.4) is 0 Å². The average molecular weight is 230 g/mol. The van der Waals surface area contributed by atoms with Crippen LogP contribution in [-0.2, 0) is 5.41 Å². The van der Waals surface area contributed by atoms with Crippen LogP contribution in [0.4, 0.5) is 0 Å². The molecule has 82 valence electrons. The van der Waals surface area contributed by atoms with Crippen molar-refractivity contribution >= 4 is 21.6 Å². The summed E-state index contributed by atoms with van der Waals surface area (Å²) in [7, 11) is 0. The van der Waals surface area contributed by atoms with Crippen LogP contribution < -0.4 is 0 Å². The van der Waals surface area contributed by atoms with E-state index in [4.69, 9.17) is 5.26 Å². The van der Waals surface area contributed by atoms with Gasteiger partial charge in [-0.1, -0.05) is 26.0 Å². The zero-order chi connectivity index (χ0) is 11.6. The lowest BCUT2D eigenvalue weighted by Crippen LogP contribution is -2.16. The van der Waals surface area contributed by atoms with E-state index in [9.17, 15) is 0 Å². The highest BCUT2D eigenvalue weighted by atomic mass is 32.1. The van der Waals surface area contributed by atoms with Gasteiger partial charge in [0.2, 0.25) is 0 Å². The normalized spacial score (nSPS) is 11.6. The van der Waals surface area contributed by atoms with Crippen molar-refractivity contribution in [2.75, 3.05) is 0 Å².